The number of aryl methyl sites for hydroxylation is 2. The molecule has 7 heteroatoms. The lowest BCUT2D eigenvalue weighted by Gasteiger charge is -2.07. The average molecular weight is 281 g/mol. The van der Waals surface area contributed by atoms with E-state index in [4.69, 9.17) is 16.3 Å². The summed E-state index contributed by atoms with van der Waals surface area (Å²) in [4.78, 5) is 15.6. The minimum atomic E-state index is -0.327. The Morgan fingerprint density at radius 2 is 2.26 bits per heavy atom. The molecular formula is C12H13ClN4O2. The third-order valence-corrected chi connectivity index (χ3v) is 2.77. The van der Waals surface area contributed by atoms with Gasteiger partial charge in [0.25, 0.3) is 5.91 Å². The van der Waals surface area contributed by atoms with Crippen LogP contribution in [0.3, 0.4) is 0 Å². The molecule has 2 aromatic rings. The van der Waals surface area contributed by atoms with Crippen molar-refractivity contribution in [3.8, 4) is 5.75 Å². The lowest BCUT2D eigenvalue weighted by molar-refractivity contribution is -0.118. The summed E-state index contributed by atoms with van der Waals surface area (Å²) < 4.78 is 5.35. The van der Waals surface area contributed by atoms with E-state index in [1.165, 1.54) is 0 Å². The van der Waals surface area contributed by atoms with Crippen LogP contribution in [0.1, 0.15) is 11.4 Å². The summed E-state index contributed by atoms with van der Waals surface area (Å²) in [5, 5.41) is 9.60. The third-order valence-electron chi connectivity index (χ3n) is 2.35. The van der Waals surface area contributed by atoms with E-state index in [9.17, 15) is 4.79 Å². The highest BCUT2D eigenvalue weighted by Crippen LogP contribution is 2.20. The number of ether oxygens (including phenoxy) is 1. The first-order valence-electron chi connectivity index (χ1n) is 5.62. The predicted octanol–water partition coefficient (Wildman–Crippen LogP) is 2.09. The second-order valence-corrected chi connectivity index (χ2v) is 4.40. The number of carbonyl (C=O) groups excluding carboxylic acids is 1. The van der Waals surface area contributed by atoms with Crippen molar-refractivity contribution in [1.29, 1.82) is 0 Å². The van der Waals surface area contributed by atoms with Gasteiger partial charge in [0.05, 0.1) is 0 Å². The molecule has 0 unspecified atom stereocenters. The molecular weight excluding hydrogens is 268 g/mol. The van der Waals surface area contributed by atoms with Crippen molar-refractivity contribution < 1.29 is 9.53 Å². The van der Waals surface area contributed by atoms with Crippen molar-refractivity contribution in [3.05, 3.63) is 34.6 Å². The Bertz CT molecular complexity index is 597. The van der Waals surface area contributed by atoms with E-state index in [2.05, 4.69) is 20.5 Å². The van der Waals surface area contributed by atoms with Crippen LogP contribution in [0.25, 0.3) is 0 Å². The number of aromatic nitrogens is 3. The number of anilines is 1. The Labute approximate surface area is 115 Å². The summed E-state index contributed by atoms with van der Waals surface area (Å²) in [6.45, 7) is 3.50. The smallest absolute Gasteiger partial charge is 0.264 e. The van der Waals surface area contributed by atoms with E-state index in [1.54, 1.807) is 25.1 Å². The van der Waals surface area contributed by atoms with Crippen LogP contribution in [0.15, 0.2) is 18.2 Å². The lowest BCUT2D eigenvalue weighted by atomic mass is 10.2. The second kappa shape index (κ2) is 5.71. The molecule has 100 valence electrons. The van der Waals surface area contributed by atoms with Gasteiger partial charge in [-0.3, -0.25) is 15.2 Å². The number of halogens is 1. The molecule has 19 heavy (non-hydrogen) atoms. The number of rotatable bonds is 4. The van der Waals surface area contributed by atoms with Gasteiger partial charge in [-0.2, -0.15) is 4.98 Å². The van der Waals surface area contributed by atoms with Crippen LogP contribution in [0, 0.1) is 13.8 Å². The molecule has 0 spiro atoms. The number of benzene rings is 1. The number of amides is 1. The van der Waals surface area contributed by atoms with Gasteiger partial charge in [-0.15, -0.1) is 5.10 Å². The fourth-order valence-electron chi connectivity index (χ4n) is 1.42. The SMILES string of the molecule is Cc1nc(NC(=O)COc2ccc(Cl)c(C)c2)n[nH]1. The summed E-state index contributed by atoms with van der Waals surface area (Å²) >= 11 is 5.90. The Hall–Kier alpha value is -2.08. The monoisotopic (exact) mass is 280 g/mol. The molecule has 6 nitrogen and oxygen atoms in total. The summed E-state index contributed by atoms with van der Waals surface area (Å²) in [7, 11) is 0. The molecule has 2 N–H and O–H groups in total. The van der Waals surface area contributed by atoms with Crippen molar-refractivity contribution in [1.82, 2.24) is 15.2 Å². The molecule has 0 aliphatic heterocycles. The largest absolute Gasteiger partial charge is 0.484 e. The van der Waals surface area contributed by atoms with E-state index in [0.29, 0.717) is 16.6 Å². The zero-order chi connectivity index (χ0) is 13.8. The predicted molar refractivity (Wildman–Crippen MR) is 71.4 cm³/mol. The maximum absolute atomic E-state index is 11.6. The van der Waals surface area contributed by atoms with E-state index >= 15 is 0 Å². The van der Waals surface area contributed by atoms with Gasteiger partial charge >= 0.3 is 0 Å². The van der Waals surface area contributed by atoms with Crippen molar-refractivity contribution in [2.24, 2.45) is 0 Å². The molecule has 0 saturated heterocycles. The summed E-state index contributed by atoms with van der Waals surface area (Å²) in [6.07, 6.45) is 0. The molecule has 1 aromatic heterocycles. The van der Waals surface area contributed by atoms with Crippen LogP contribution in [-0.4, -0.2) is 27.7 Å². The van der Waals surface area contributed by atoms with Crippen molar-refractivity contribution in [3.63, 3.8) is 0 Å². The van der Waals surface area contributed by atoms with E-state index in [-0.39, 0.29) is 18.5 Å². The van der Waals surface area contributed by atoms with Crippen LogP contribution >= 0.6 is 11.6 Å². The van der Waals surface area contributed by atoms with Gasteiger partial charge in [0.15, 0.2) is 6.61 Å². The standard InChI is InChI=1S/C12H13ClN4O2/c1-7-5-9(3-4-10(7)13)19-6-11(18)15-12-14-8(2)16-17-12/h3-5H,6H2,1-2H3,(H2,14,15,16,17,18). The highest BCUT2D eigenvalue weighted by atomic mass is 35.5. The fourth-order valence-corrected chi connectivity index (χ4v) is 1.53. The first-order chi connectivity index (χ1) is 9.04. The van der Waals surface area contributed by atoms with Crippen molar-refractivity contribution in [2.75, 3.05) is 11.9 Å². The van der Waals surface area contributed by atoms with Crippen LogP contribution in [0.2, 0.25) is 5.02 Å². The minimum Gasteiger partial charge on any atom is -0.484 e. The number of aromatic amines is 1. The quantitative estimate of drug-likeness (QED) is 0.899. The maximum atomic E-state index is 11.6. The third kappa shape index (κ3) is 3.69. The topological polar surface area (TPSA) is 79.9 Å². The molecule has 0 atom stereocenters. The number of nitrogens with zero attached hydrogens (tertiary/aromatic N) is 2. The number of hydrogen-bond donors (Lipinski definition) is 2. The van der Waals surface area contributed by atoms with Crippen LogP contribution in [0.5, 0.6) is 5.75 Å². The fraction of sp³-hybridized carbons (Fsp3) is 0.250. The molecule has 0 saturated carbocycles. The van der Waals surface area contributed by atoms with E-state index in [1.807, 2.05) is 6.92 Å². The zero-order valence-electron chi connectivity index (χ0n) is 10.5. The maximum Gasteiger partial charge on any atom is 0.264 e. The molecule has 0 aliphatic carbocycles. The summed E-state index contributed by atoms with van der Waals surface area (Å²) in [5.74, 6) is 1.12. The van der Waals surface area contributed by atoms with Gasteiger partial charge in [0.1, 0.15) is 11.6 Å². The molecule has 1 amide bonds. The molecule has 0 radical (unpaired) electrons. The van der Waals surface area contributed by atoms with Gasteiger partial charge in [-0.1, -0.05) is 11.6 Å². The highest BCUT2D eigenvalue weighted by molar-refractivity contribution is 6.31. The Kier molecular flexibility index (Phi) is 4.01. The average Bonchev–Trinajstić information content (AvgIpc) is 2.76. The second-order valence-electron chi connectivity index (χ2n) is 3.99. The number of carbonyl (C=O) groups is 1. The van der Waals surface area contributed by atoms with Gasteiger partial charge < -0.3 is 4.74 Å². The van der Waals surface area contributed by atoms with Crippen LogP contribution in [0.4, 0.5) is 5.95 Å². The molecule has 1 aromatic carbocycles. The van der Waals surface area contributed by atoms with Gasteiger partial charge in [-0.25, -0.2) is 0 Å². The molecule has 0 bridgehead atoms. The highest BCUT2D eigenvalue weighted by Gasteiger charge is 2.07. The van der Waals surface area contributed by atoms with Gasteiger partial charge in [-0.05, 0) is 37.6 Å². The van der Waals surface area contributed by atoms with E-state index in [0.717, 1.165) is 5.56 Å². The van der Waals surface area contributed by atoms with Crippen LogP contribution < -0.4 is 10.1 Å². The number of H-pyrrole nitrogens is 1. The van der Waals surface area contributed by atoms with Gasteiger partial charge in [0.2, 0.25) is 5.95 Å². The normalized spacial score (nSPS) is 10.3. The van der Waals surface area contributed by atoms with E-state index < -0.39 is 0 Å². The van der Waals surface area contributed by atoms with Crippen LogP contribution in [-0.2, 0) is 4.79 Å². The molecule has 2 rings (SSSR count). The Balaban J connectivity index is 1.88. The number of hydrogen-bond acceptors (Lipinski definition) is 4. The Morgan fingerprint density at radius 3 is 2.89 bits per heavy atom. The van der Waals surface area contributed by atoms with Gasteiger partial charge in [0, 0.05) is 5.02 Å². The minimum absolute atomic E-state index is 0.116. The lowest BCUT2D eigenvalue weighted by Crippen LogP contribution is -2.20. The molecule has 0 aliphatic rings. The Morgan fingerprint density at radius 1 is 1.47 bits per heavy atom. The van der Waals surface area contributed by atoms with Crippen molar-refractivity contribution >= 4 is 23.5 Å². The number of nitrogens with one attached hydrogen (secondary N) is 2. The van der Waals surface area contributed by atoms with Crippen molar-refractivity contribution in [2.45, 2.75) is 13.8 Å². The summed E-state index contributed by atoms with van der Waals surface area (Å²) in [5.41, 5.74) is 0.893. The first-order valence-corrected chi connectivity index (χ1v) is 6.00. The molecule has 0 fully saturated rings. The summed E-state index contributed by atoms with van der Waals surface area (Å²) in [6, 6.07) is 5.20. The zero-order valence-corrected chi connectivity index (χ0v) is 11.3. The molecule has 1 heterocycles. The first kappa shape index (κ1) is 13.4.